The first-order valence-corrected chi connectivity index (χ1v) is 12.4. The van der Waals surface area contributed by atoms with E-state index >= 15 is 0 Å². The molecule has 0 aliphatic carbocycles. The number of benzene rings is 2. The number of aliphatic hydroxyl groups excluding tert-OH is 5. The van der Waals surface area contributed by atoms with Crippen molar-refractivity contribution in [3.05, 3.63) is 66.0 Å². The van der Waals surface area contributed by atoms with Crippen molar-refractivity contribution in [2.75, 3.05) is 17.7 Å². The van der Waals surface area contributed by atoms with Gasteiger partial charge in [-0.05, 0) is 31.2 Å². The Labute approximate surface area is 217 Å². The van der Waals surface area contributed by atoms with Crippen LogP contribution < -0.4 is 10.7 Å². The van der Waals surface area contributed by atoms with E-state index in [0.717, 1.165) is 34.9 Å². The van der Waals surface area contributed by atoms with E-state index in [1.807, 2.05) is 66.1 Å². The van der Waals surface area contributed by atoms with Gasteiger partial charge in [0.2, 0.25) is 0 Å². The summed E-state index contributed by atoms with van der Waals surface area (Å²) in [5.74, 6) is 0.0623. The van der Waals surface area contributed by atoms with Gasteiger partial charge in [0.25, 0.3) is 5.91 Å². The first-order chi connectivity index (χ1) is 17.8. The number of rotatable bonds is 13. The second-order valence-electron chi connectivity index (χ2n) is 8.11. The quantitative estimate of drug-likeness (QED) is 0.0888. The third kappa shape index (κ3) is 8.08. The Morgan fingerprint density at radius 1 is 1.05 bits per heavy atom. The highest BCUT2D eigenvalue weighted by molar-refractivity contribution is 7.99. The standard InChI is InChI=1S/C24H30N6O6S/c1-15-7-9-16(10-8-15)25-12-20-27-29-24(30(20)17-5-3-2-4-6-17)37-14-21(34)28-26-11-18(32)22(35)23(36)19(33)13-31/h2-11,18-19,22-23,25,31-33,35-36H,12-14H2,1H3,(H,28,34)/b26-11+/t18-,19+,22-,23+/m0/s1. The van der Waals surface area contributed by atoms with Crippen LogP contribution in [0.3, 0.4) is 0 Å². The van der Waals surface area contributed by atoms with E-state index in [2.05, 4.69) is 26.0 Å². The lowest BCUT2D eigenvalue weighted by Crippen LogP contribution is -2.46. The Hall–Kier alpha value is -3.33. The number of para-hydroxylation sites is 1. The van der Waals surface area contributed by atoms with Gasteiger partial charge in [-0.3, -0.25) is 9.36 Å². The molecular formula is C24H30N6O6S. The number of aryl methyl sites for hydroxylation is 1. The molecule has 0 bridgehead atoms. The zero-order valence-corrected chi connectivity index (χ0v) is 20.9. The summed E-state index contributed by atoms with van der Waals surface area (Å²) < 4.78 is 1.84. The number of aromatic nitrogens is 3. The molecule has 12 nitrogen and oxygen atoms in total. The molecule has 0 spiro atoms. The van der Waals surface area contributed by atoms with Crippen LogP contribution in [0.15, 0.2) is 64.9 Å². The highest BCUT2D eigenvalue weighted by Gasteiger charge is 2.29. The van der Waals surface area contributed by atoms with Crippen LogP contribution in [0, 0.1) is 6.92 Å². The van der Waals surface area contributed by atoms with Gasteiger partial charge < -0.3 is 30.8 Å². The lowest BCUT2D eigenvalue weighted by molar-refractivity contribution is -0.118. The molecule has 7 N–H and O–H groups in total. The molecule has 4 atom stereocenters. The van der Waals surface area contributed by atoms with Crippen molar-refractivity contribution in [3.8, 4) is 5.69 Å². The highest BCUT2D eigenvalue weighted by atomic mass is 32.2. The largest absolute Gasteiger partial charge is 0.394 e. The number of thioether (sulfide) groups is 1. The summed E-state index contributed by atoms with van der Waals surface area (Å²) in [7, 11) is 0. The fourth-order valence-corrected chi connectivity index (χ4v) is 3.93. The molecule has 198 valence electrons. The van der Waals surface area contributed by atoms with Gasteiger partial charge in [-0.1, -0.05) is 47.7 Å². The van der Waals surface area contributed by atoms with E-state index in [4.69, 9.17) is 5.11 Å². The zero-order valence-electron chi connectivity index (χ0n) is 20.0. The maximum atomic E-state index is 12.3. The van der Waals surface area contributed by atoms with Gasteiger partial charge in [0, 0.05) is 11.4 Å². The van der Waals surface area contributed by atoms with Crippen molar-refractivity contribution >= 4 is 29.6 Å². The van der Waals surface area contributed by atoms with Crippen molar-refractivity contribution < 1.29 is 30.3 Å². The molecule has 1 heterocycles. The number of hydrazone groups is 1. The molecule has 0 aliphatic rings. The normalized spacial score (nSPS) is 14.8. The van der Waals surface area contributed by atoms with Gasteiger partial charge >= 0.3 is 0 Å². The van der Waals surface area contributed by atoms with Gasteiger partial charge in [-0.15, -0.1) is 10.2 Å². The molecule has 37 heavy (non-hydrogen) atoms. The third-order valence-electron chi connectivity index (χ3n) is 5.25. The topological polar surface area (TPSA) is 185 Å². The van der Waals surface area contributed by atoms with E-state index in [1.165, 1.54) is 0 Å². The van der Waals surface area contributed by atoms with Crippen LogP contribution in [-0.4, -0.2) is 89.2 Å². The molecule has 1 amide bonds. The molecular weight excluding hydrogens is 500 g/mol. The van der Waals surface area contributed by atoms with Crippen molar-refractivity contribution in [1.82, 2.24) is 20.2 Å². The summed E-state index contributed by atoms with van der Waals surface area (Å²) >= 11 is 1.13. The average Bonchev–Trinajstić information content (AvgIpc) is 3.33. The van der Waals surface area contributed by atoms with Crippen LogP contribution in [0.4, 0.5) is 5.69 Å². The predicted molar refractivity (Wildman–Crippen MR) is 138 cm³/mol. The number of nitrogens with one attached hydrogen (secondary N) is 2. The fourth-order valence-electron chi connectivity index (χ4n) is 3.17. The van der Waals surface area contributed by atoms with Gasteiger partial charge in [0.05, 0.1) is 25.1 Å². The van der Waals surface area contributed by atoms with E-state index in [1.54, 1.807) is 0 Å². The highest BCUT2D eigenvalue weighted by Crippen LogP contribution is 2.22. The van der Waals surface area contributed by atoms with Crippen LogP contribution >= 0.6 is 11.8 Å². The minimum Gasteiger partial charge on any atom is -0.394 e. The van der Waals surface area contributed by atoms with Crippen LogP contribution in [0.5, 0.6) is 0 Å². The van der Waals surface area contributed by atoms with E-state index in [0.29, 0.717) is 17.5 Å². The van der Waals surface area contributed by atoms with E-state index < -0.39 is 36.9 Å². The molecule has 0 fully saturated rings. The van der Waals surface area contributed by atoms with Crippen molar-refractivity contribution in [2.45, 2.75) is 43.0 Å². The molecule has 3 rings (SSSR count). The fraction of sp³-hybridized carbons (Fsp3) is 0.333. The van der Waals surface area contributed by atoms with Crippen LogP contribution in [0.2, 0.25) is 0 Å². The van der Waals surface area contributed by atoms with Gasteiger partial charge in [0.15, 0.2) is 11.0 Å². The average molecular weight is 531 g/mol. The second kappa shape index (κ2) is 13.8. The molecule has 3 aromatic rings. The van der Waals surface area contributed by atoms with Crippen LogP contribution in [0.25, 0.3) is 5.69 Å². The summed E-state index contributed by atoms with van der Waals surface area (Å²) in [6.07, 6.45) is -6.12. The van der Waals surface area contributed by atoms with Crippen LogP contribution in [0.1, 0.15) is 11.4 Å². The van der Waals surface area contributed by atoms with Crippen LogP contribution in [-0.2, 0) is 11.3 Å². The number of anilines is 1. The lowest BCUT2D eigenvalue weighted by atomic mass is 10.0. The summed E-state index contributed by atoms with van der Waals surface area (Å²) in [5.41, 5.74) is 5.13. The molecule has 0 saturated heterocycles. The molecule has 13 heteroatoms. The summed E-state index contributed by atoms with van der Waals surface area (Å²) in [4.78, 5) is 12.3. The molecule has 0 unspecified atom stereocenters. The number of hydrogen-bond donors (Lipinski definition) is 7. The Morgan fingerprint density at radius 2 is 1.76 bits per heavy atom. The van der Waals surface area contributed by atoms with Gasteiger partial charge in [0.1, 0.15) is 24.4 Å². The van der Waals surface area contributed by atoms with Gasteiger partial charge in [-0.25, -0.2) is 5.43 Å². The smallest absolute Gasteiger partial charge is 0.250 e. The number of carbonyl (C=O) groups excluding carboxylic acids is 1. The van der Waals surface area contributed by atoms with Crippen molar-refractivity contribution in [1.29, 1.82) is 0 Å². The maximum absolute atomic E-state index is 12.3. The summed E-state index contributed by atoms with van der Waals surface area (Å²) in [5, 5.41) is 63.3. The third-order valence-corrected chi connectivity index (χ3v) is 6.18. The lowest BCUT2D eigenvalue weighted by Gasteiger charge is -2.23. The molecule has 0 saturated carbocycles. The Kier molecular flexibility index (Phi) is 10.6. The monoisotopic (exact) mass is 530 g/mol. The molecule has 1 aromatic heterocycles. The number of nitrogens with zero attached hydrogens (tertiary/aromatic N) is 4. The number of amides is 1. The van der Waals surface area contributed by atoms with Crippen molar-refractivity contribution in [2.24, 2.45) is 5.10 Å². The number of carbonyl (C=O) groups is 1. The van der Waals surface area contributed by atoms with E-state index in [9.17, 15) is 25.2 Å². The number of aliphatic hydroxyl groups is 5. The second-order valence-corrected chi connectivity index (χ2v) is 9.06. The first kappa shape index (κ1) is 28.2. The zero-order chi connectivity index (χ0) is 26.8. The minimum absolute atomic E-state index is 0.0712. The maximum Gasteiger partial charge on any atom is 0.250 e. The minimum atomic E-state index is -1.81. The first-order valence-electron chi connectivity index (χ1n) is 11.4. The SMILES string of the molecule is Cc1ccc(NCc2nnc(SCC(=O)N/N=C/[C@H](O)[C@H](O)[C@H](O)[C@H](O)CO)n2-c2ccccc2)cc1. The summed E-state index contributed by atoms with van der Waals surface area (Å²) in [6.45, 7) is 1.62. The van der Waals surface area contributed by atoms with E-state index in [-0.39, 0.29) is 5.75 Å². The molecule has 0 aliphatic heterocycles. The van der Waals surface area contributed by atoms with Crippen molar-refractivity contribution in [3.63, 3.8) is 0 Å². The predicted octanol–water partition coefficient (Wildman–Crippen LogP) is -0.182. The summed E-state index contributed by atoms with van der Waals surface area (Å²) in [6, 6.07) is 17.4. The number of hydrogen-bond acceptors (Lipinski definition) is 11. The Balaban J connectivity index is 1.61. The Bertz CT molecular complexity index is 1160. The Morgan fingerprint density at radius 3 is 2.43 bits per heavy atom. The van der Waals surface area contributed by atoms with Gasteiger partial charge in [-0.2, -0.15) is 5.10 Å². The molecule has 0 radical (unpaired) electrons. The molecule has 2 aromatic carbocycles.